The normalized spacial score (nSPS) is 21.6. The smallest absolute Gasteiger partial charge is 0.0191 e. The Kier molecular flexibility index (Phi) is 6.32. The van der Waals surface area contributed by atoms with E-state index in [9.17, 15) is 0 Å². The van der Waals surface area contributed by atoms with E-state index < -0.39 is 0 Å². The van der Waals surface area contributed by atoms with Crippen LogP contribution in [0.5, 0.6) is 0 Å². The largest absolute Gasteiger partial charge is 0.329 e. The predicted octanol–water partition coefficient (Wildman–Crippen LogP) is 1.39. The van der Waals surface area contributed by atoms with Crippen molar-refractivity contribution in [3.8, 4) is 0 Å². The average Bonchev–Trinajstić information content (AvgIpc) is 2.28. The molecule has 0 aromatic carbocycles. The van der Waals surface area contributed by atoms with Crippen LogP contribution in [0.15, 0.2) is 0 Å². The minimum absolute atomic E-state index is 0.554. The van der Waals surface area contributed by atoms with Crippen molar-refractivity contribution in [1.82, 2.24) is 9.80 Å². The van der Waals surface area contributed by atoms with Crippen molar-refractivity contribution < 1.29 is 0 Å². The van der Waals surface area contributed by atoms with Gasteiger partial charge in [-0.3, -0.25) is 4.90 Å². The molecule has 0 aromatic rings. The van der Waals surface area contributed by atoms with Crippen molar-refractivity contribution >= 4 is 0 Å². The Morgan fingerprint density at radius 3 is 2.19 bits per heavy atom. The number of nitrogens with two attached hydrogens (primary N) is 1. The number of nitrogens with zero attached hydrogens (tertiary/aromatic N) is 2. The zero-order valence-electron chi connectivity index (χ0n) is 11.3. The Morgan fingerprint density at radius 1 is 1.06 bits per heavy atom. The third-order valence-corrected chi connectivity index (χ3v) is 3.63. The molecule has 0 amide bonds. The van der Waals surface area contributed by atoms with Gasteiger partial charge in [0.1, 0.15) is 0 Å². The van der Waals surface area contributed by atoms with Gasteiger partial charge >= 0.3 is 0 Å². The van der Waals surface area contributed by atoms with Gasteiger partial charge in [0.15, 0.2) is 0 Å². The Morgan fingerprint density at radius 2 is 1.69 bits per heavy atom. The summed E-state index contributed by atoms with van der Waals surface area (Å²) in [5.74, 6) is 0.846. The zero-order chi connectivity index (χ0) is 12.0. The summed E-state index contributed by atoms with van der Waals surface area (Å²) in [6, 6.07) is 0.554. The van der Waals surface area contributed by atoms with Crippen LogP contribution in [0.4, 0.5) is 0 Å². The summed E-state index contributed by atoms with van der Waals surface area (Å²) in [7, 11) is 0. The van der Waals surface area contributed by atoms with Crippen LogP contribution in [0.1, 0.15) is 33.6 Å². The molecule has 0 spiro atoms. The predicted molar refractivity (Wildman–Crippen MR) is 70.6 cm³/mol. The summed E-state index contributed by atoms with van der Waals surface area (Å²) in [4.78, 5) is 5.11. The molecule has 1 aliphatic rings. The van der Waals surface area contributed by atoms with Gasteiger partial charge in [-0.1, -0.05) is 13.8 Å². The Labute approximate surface area is 101 Å². The SMILES string of the molecule is CC(C)CCCN1CCN(C(C)CN)CC1. The fraction of sp³-hybridized carbons (Fsp3) is 1.00. The number of piperazine rings is 1. The standard InChI is InChI=1S/C13H29N3/c1-12(2)5-4-6-15-7-9-16(10-8-15)13(3)11-14/h12-13H,4-11,14H2,1-3H3. The molecule has 1 atom stereocenters. The molecule has 3 heteroatoms. The quantitative estimate of drug-likeness (QED) is 0.744. The molecule has 1 fully saturated rings. The van der Waals surface area contributed by atoms with Gasteiger partial charge < -0.3 is 10.6 Å². The second-order valence-corrected chi connectivity index (χ2v) is 5.50. The summed E-state index contributed by atoms with van der Waals surface area (Å²) in [6.45, 7) is 13.7. The Balaban J connectivity index is 2.12. The lowest BCUT2D eigenvalue weighted by molar-refractivity contribution is 0.103. The molecule has 0 aromatic heterocycles. The maximum absolute atomic E-state index is 5.70. The summed E-state index contributed by atoms with van der Waals surface area (Å²) < 4.78 is 0. The first-order valence-electron chi connectivity index (χ1n) is 6.80. The van der Waals surface area contributed by atoms with E-state index in [1.807, 2.05) is 0 Å². The highest BCUT2D eigenvalue weighted by Gasteiger charge is 2.19. The third kappa shape index (κ3) is 4.81. The van der Waals surface area contributed by atoms with Gasteiger partial charge in [-0.25, -0.2) is 0 Å². The fourth-order valence-corrected chi connectivity index (χ4v) is 2.30. The maximum Gasteiger partial charge on any atom is 0.0191 e. The minimum atomic E-state index is 0.554. The highest BCUT2D eigenvalue weighted by atomic mass is 15.3. The molecule has 3 nitrogen and oxygen atoms in total. The molecule has 0 aliphatic carbocycles. The van der Waals surface area contributed by atoms with Crippen molar-refractivity contribution in [2.75, 3.05) is 39.3 Å². The van der Waals surface area contributed by atoms with Crippen LogP contribution >= 0.6 is 0 Å². The molecule has 1 heterocycles. The summed E-state index contributed by atoms with van der Waals surface area (Å²) in [6.07, 6.45) is 2.71. The molecule has 0 bridgehead atoms. The molecular formula is C13H29N3. The van der Waals surface area contributed by atoms with E-state index in [-0.39, 0.29) is 0 Å². The van der Waals surface area contributed by atoms with E-state index in [2.05, 4.69) is 30.6 Å². The van der Waals surface area contributed by atoms with E-state index in [1.165, 1.54) is 45.6 Å². The van der Waals surface area contributed by atoms with Gasteiger partial charge in [-0.2, -0.15) is 0 Å². The lowest BCUT2D eigenvalue weighted by Gasteiger charge is -2.37. The van der Waals surface area contributed by atoms with Gasteiger partial charge in [0.25, 0.3) is 0 Å². The molecule has 2 N–H and O–H groups in total. The van der Waals surface area contributed by atoms with Crippen molar-refractivity contribution in [2.24, 2.45) is 11.7 Å². The third-order valence-electron chi connectivity index (χ3n) is 3.63. The lowest BCUT2D eigenvalue weighted by Crippen LogP contribution is -2.51. The molecule has 16 heavy (non-hydrogen) atoms. The Bertz CT molecular complexity index is 174. The van der Waals surface area contributed by atoms with Crippen LogP contribution < -0.4 is 5.73 Å². The van der Waals surface area contributed by atoms with Gasteiger partial charge in [0.05, 0.1) is 0 Å². The van der Waals surface area contributed by atoms with Crippen LogP contribution in [-0.2, 0) is 0 Å². The maximum atomic E-state index is 5.70. The van der Waals surface area contributed by atoms with E-state index >= 15 is 0 Å². The van der Waals surface area contributed by atoms with Gasteiger partial charge in [-0.15, -0.1) is 0 Å². The topological polar surface area (TPSA) is 32.5 Å². The molecule has 1 unspecified atom stereocenters. The van der Waals surface area contributed by atoms with E-state index in [4.69, 9.17) is 5.73 Å². The van der Waals surface area contributed by atoms with Crippen LogP contribution in [0, 0.1) is 5.92 Å². The first-order chi connectivity index (χ1) is 7.63. The van der Waals surface area contributed by atoms with Crippen LogP contribution in [0.3, 0.4) is 0 Å². The highest BCUT2D eigenvalue weighted by Crippen LogP contribution is 2.09. The molecule has 1 saturated heterocycles. The van der Waals surface area contributed by atoms with Crippen molar-refractivity contribution in [2.45, 2.75) is 39.7 Å². The van der Waals surface area contributed by atoms with Crippen LogP contribution in [0.2, 0.25) is 0 Å². The van der Waals surface area contributed by atoms with E-state index in [1.54, 1.807) is 0 Å². The zero-order valence-corrected chi connectivity index (χ0v) is 11.3. The first kappa shape index (κ1) is 13.9. The summed E-state index contributed by atoms with van der Waals surface area (Å²) in [5.41, 5.74) is 5.70. The van der Waals surface area contributed by atoms with Crippen molar-refractivity contribution in [1.29, 1.82) is 0 Å². The average molecular weight is 227 g/mol. The number of rotatable bonds is 6. The summed E-state index contributed by atoms with van der Waals surface area (Å²) >= 11 is 0. The van der Waals surface area contributed by atoms with E-state index in [0.717, 1.165) is 12.5 Å². The first-order valence-corrected chi connectivity index (χ1v) is 6.80. The van der Waals surface area contributed by atoms with E-state index in [0.29, 0.717) is 6.04 Å². The molecule has 0 saturated carbocycles. The second kappa shape index (κ2) is 7.25. The number of hydrogen-bond acceptors (Lipinski definition) is 3. The van der Waals surface area contributed by atoms with Crippen molar-refractivity contribution in [3.05, 3.63) is 0 Å². The van der Waals surface area contributed by atoms with Gasteiger partial charge in [0, 0.05) is 38.8 Å². The summed E-state index contributed by atoms with van der Waals surface area (Å²) in [5, 5.41) is 0. The van der Waals surface area contributed by atoms with Crippen LogP contribution in [0.25, 0.3) is 0 Å². The minimum Gasteiger partial charge on any atom is -0.329 e. The number of hydrogen-bond donors (Lipinski definition) is 1. The second-order valence-electron chi connectivity index (χ2n) is 5.50. The molecule has 1 rings (SSSR count). The molecular weight excluding hydrogens is 198 g/mol. The molecule has 0 radical (unpaired) electrons. The molecule has 1 aliphatic heterocycles. The lowest BCUT2D eigenvalue weighted by atomic mass is 10.1. The highest BCUT2D eigenvalue weighted by molar-refractivity contribution is 4.76. The molecule has 96 valence electrons. The van der Waals surface area contributed by atoms with Crippen molar-refractivity contribution in [3.63, 3.8) is 0 Å². The van der Waals surface area contributed by atoms with Gasteiger partial charge in [-0.05, 0) is 32.2 Å². The Hall–Kier alpha value is -0.120. The van der Waals surface area contributed by atoms with Crippen LogP contribution in [-0.4, -0.2) is 55.1 Å². The van der Waals surface area contributed by atoms with Gasteiger partial charge in [0.2, 0.25) is 0 Å². The fourth-order valence-electron chi connectivity index (χ4n) is 2.30. The monoisotopic (exact) mass is 227 g/mol.